The van der Waals surface area contributed by atoms with Crippen molar-refractivity contribution in [2.24, 2.45) is 0 Å². The second-order valence-electron chi connectivity index (χ2n) is 7.86. The fraction of sp³-hybridized carbons (Fsp3) is 0.375. The lowest BCUT2D eigenvalue weighted by Crippen LogP contribution is -2.49. The first-order valence-corrected chi connectivity index (χ1v) is 11.7. The molecule has 7 nitrogen and oxygen atoms in total. The lowest BCUT2D eigenvalue weighted by atomic mass is 10.2. The highest BCUT2D eigenvalue weighted by Crippen LogP contribution is 2.22. The van der Waals surface area contributed by atoms with Gasteiger partial charge in [-0.25, -0.2) is 9.78 Å². The van der Waals surface area contributed by atoms with E-state index in [0.29, 0.717) is 38.3 Å². The molecule has 0 aliphatic carbocycles. The van der Waals surface area contributed by atoms with Crippen LogP contribution in [0.4, 0.5) is 5.82 Å². The largest absolute Gasteiger partial charge is 0.462 e. The normalized spacial score (nSPS) is 14.0. The van der Waals surface area contributed by atoms with Gasteiger partial charge in [-0.3, -0.25) is 4.79 Å². The van der Waals surface area contributed by atoms with Crippen LogP contribution in [0, 0.1) is 13.8 Å². The first-order valence-electron chi connectivity index (χ1n) is 10.8. The number of carbonyl (C=O) groups is 2. The van der Waals surface area contributed by atoms with Crippen LogP contribution in [0.3, 0.4) is 0 Å². The average molecular weight is 453 g/mol. The molecular weight excluding hydrogens is 424 g/mol. The maximum Gasteiger partial charge on any atom is 0.339 e. The zero-order valence-electron chi connectivity index (χ0n) is 18.7. The topological polar surface area (TPSA) is 67.7 Å². The molecule has 0 N–H and O–H groups in total. The Balaban J connectivity index is 1.39. The molecule has 3 aromatic heterocycles. The number of carbonyl (C=O) groups excluding carboxylic acids is 2. The Kier molecular flexibility index (Phi) is 6.60. The number of aromatic nitrogens is 2. The zero-order chi connectivity index (χ0) is 22.7. The molecule has 1 amide bonds. The molecule has 0 spiro atoms. The van der Waals surface area contributed by atoms with Gasteiger partial charge in [0.05, 0.1) is 24.3 Å². The first-order chi connectivity index (χ1) is 15.5. The van der Waals surface area contributed by atoms with Crippen molar-refractivity contribution in [3.05, 3.63) is 69.3 Å². The smallest absolute Gasteiger partial charge is 0.339 e. The summed E-state index contributed by atoms with van der Waals surface area (Å²) < 4.78 is 7.22. The van der Waals surface area contributed by atoms with Crippen molar-refractivity contribution in [2.45, 2.75) is 27.3 Å². The molecule has 1 saturated heterocycles. The molecule has 8 heteroatoms. The minimum absolute atomic E-state index is 0.0841. The van der Waals surface area contributed by atoms with E-state index in [9.17, 15) is 9.59 Å². The minimum Gasteiger partial charge on any atom is -0.462 e. The van der Waals surface area contributed by atoms with E-state index in [1.807, 2.05) is 24.0 Å². The summed E-state index contributed by atoms with van der Waals surface area (Å²) in [5, 5.41) is 2.08. The number of nitrogens with zero attached hydrogens (tertiary/aromatic N) is 4. The van der Waals surface area contributed by atoms with Gasteiger partial charge in [0.1, 0.15) is 5.82 Å². The van der Waals surface area contributed by atoms with E-state index >= 15 is 0 Å². The third kappa shape index (κ3) is 4.55. The first kappa shape index (κ1) is 22.1. The SMILES string of the molecule is CCOC(=O)c1ccc(N2CCN(C(=O)c3cc(C)n(Cc4cccs4)c3C)CC2)nc1. The predicted octanol–water partition coefficient (Wildman–Crippen LogP) is 3.75. The average Bonchev–Trinajstić information content (AvgIpc) is 3.43. The Labute approximate surface area is 192 Å². The van der Waals surface area contributed by atoms with Crippen LogP contribution >= 0.6 is 11.3 Å². The lowest BCUT2D eigenvalue weighted by Gasteiger charge is -2.35. The van der Waals surface area contributed by atoms with Crippen molar-refractivity contribution in [3.8, 4) is 0 Å². The minimum atomic E-state index is -0.362. The van der Waals surface area contributed by atoms with Gasteiger partial charge in [0.15, 0.2) is 0 Å². The fourth-order valence-electron chi connectivity index (χ4n) is 4.04. The number of hydrogen-bond donors (Lipinski definition) is 0. The standard InChI is InChI=1S/C24H28N4O3S/c1-4-31-24(30)19-7-8-22(25-15-19)26-9-11-27(12-10-26)23(29)21-14-17(2)28(18(21)3)16-20-6-5-13-32-20/h5-8,13-15H,4,9-12,16H2,1-3H3. The summed E-state index contributed by atoms with van der Waals surface area (Å²) in [6.45, 7) is 9.67. The van der Waals surface area contributed by atoms with Crippen LogP contribution in [0.25, 0.3) is 0 Å². The molecule has 0 atom stereocenters. The highest BCUT2D eigenvalue weighted by atomic mass is 32.1. The van der Waals surface area contributed by atoms with Crippen molar-refractivity contribution >= 4 is 29.0 Å². The Hall–Kier alpha value is -3.13. The Bertz CT molecular complexity index is 1080. The van der Waals surface area contributed by atoms with Crippen LogP contribution < -0.4 is 4.90 Å². The summed E-state index contributed by atoms with van der Waals surface area (Å²) in [4.78, 5) is 34.8. The summed E-state index contributed by atoms with van der Waals surface area (Å²) in [6.07, 6.45) is 1.55. The van der Waals surface area contributed by atoms with Gasteiger partial charge in [0.2, 0.25) is 0 Å². The van der Waals surface area contributed by atoms with E-state index in [0.717, 1.165) is 29.3 Å². The van der Waals surface area contributed by atoms with Gasteiger partial charge in [-0.05, 0) is 50.4 Å². The quantitative estimate of drug-likeness (QED) is 0.533. The van der Waals surface area contributed by atoms with Crippen LogP contribution in [0.5, 0.6) is 0 Å². The summed E-state index contributed by atoms with van der Waals surface area (Å²) in [5.41, 5.74) is 3.34. The van der Waals surface area contributed by atoms with E-state index in [1.165, 1.54) is 4.88 Å². The van der Waals surface area contributed by atoms with Gasteiger partial charge in [0, 0.05) is 48.6 Å². The molecule has 0 saturated carbocycles. The van der Waals surface area contributed by atoms with Crippen molar-refractivity contribution in [1.29, 1.82) is 0 Å². The Morgan fingerprint density at radius 1 is 1.12 bits per heavy atom. The highest BCUT2D eigenvalue weighted by molar-refractivity contribution is 7.09. The number of hydrogen-bond acceptors (Lipinski definition) is 6. The number of thiophene rings is 1. The van der Waals surface area contributed by atoms with E-state index in [-0.39, 0.29) is 11.9 Å². The molecule has 32 heavy (non-hydrogen) atoms. The molecule has 0 radical (unpaired) electrons. The van der Waals surface area contributed by atoms with Gasteiger partial charge in [-0.1, -0.05) is 6.07 Å². The number of piperazine rings is 1. The van der Waals surface area contributed by atoms with Crippen LogP contribution in [0.1, 0.15) is 43.9 Å². The van der Waals surface area contributed by atoms with E-state index in [2.05, 4.69) is 38.9 Å². The Morgan fingerprint density at radius 2 is 1.91 bits per heavy atom. The number of pyridine rings is 1. The van der Waals surface area contributed by atoms with Crippen LogP contribution in [-0.4, -0.2) is 59.1 Å². The zero-order valence-corrected chi connectivity index (χ0v) is 19.5. The van der Waals surface area contributed by atoms with Crippen LogP contribution in [-0.2, 0) is 11.3 Å². The highest BCUT2D eigenvalue weighted by Gasteiger charge is 2.26. The van der Waals surface area contributed by atoms with Crippen LogP contribution in [0.2, 0.25) is 0 Å². The number of esters is 1. The summed E-state index contributed by atoms with van der Waals surface area (Å²) in [6, 6.07) is 9.76. The molecule has 3 aromatic rings. The summed E-state index contributed by atoms with van der Waals surface area (Å²) in [7, 11) is 0. The predicted molar refractivity (Wildman–Crippen MR) is 126 cm³/mol. The maximum absolute atomic E-state index is 13.2. The van der Waals surface area contributed by atoms with Crippen molar-refractivity contribution < 1.29 is 14.3 Å². The van der Waals surface area contributed by atoms with E-state index < -0.39 is 0 Å². The van der Waals surface area contributed by atoms with Crippen LogP contribution in [0.15, 0.2) is 41.9 Å². The van der Waals surface area contributed by atoms with Gasteiger partial charge in [-0.2, -0.15) is 0 Å². The van der Waals surface area contributed by atoms with Crippen molar-refractivity contribution in [2.75, 3.05) is 37.7 Å². The Morgan fingerprint density at radius 3 is 2.53 bits per heavy atom. The third-order valence-corrected chi connectivity index (χ3v) is 6.71. The monoisotopic (exact) mass is 452 g/mol. The second-order valence-corrected chi connectivity index (χ2v) is 8.89. The fourth-order valence-corrected chi connectivity index (χ4v) is 4.73. The molecule has 1 aliphatic heterocycles. The molecule has 4 rings (SSSR count). The maximum atomic E-state index is 13.2. The molecule has 0 bridgehead atoms. The van der Waals surface area contributed by atoms with Gasteiger partial charge in [-0.15, -0.1) is 11.3 Å². The number of ether oxygens (including phenoxy) is 1. The van der Waals surface area contributed by atoms with Gasteiger partial charge < -0.3 is 19.1 Å². The molecule has 0 aromatic carbocycles. The molecule has 168 valence electrons. The third-order valence-electron chi connectivity index (χ3n) is 5.85. The lowest BCUT2D eigenvalue weighted by molar-refractivity contribution is 0.0525. The molecular formula is C24H28N4O3S. The number of amides is 1. The molecule has 1 aliphatic rings. The number of aryl methyl sites for hydroxylation is 1. The molecule has 0 unspecified atom stereocenters. The van der Waals surface area contributed by atoms with E-state index in [1.54, 1.807) is 30.5 Å². The molecule has 1 fully saturated rings. The summed E-state index contributed by atoms with van der Waals surface area (Å²) >= 11 is 1.73. The molecule has 4 heterocycles. The number of anilines is 1. The number of rotatable bonds is 6. The van der Waals surface area contributed by atoms with Gasteiger partial charge in [0.25, 0.3) is 5.91 Å². The van der Waals surface area contributed by atoms with Gasteiger partial charge >= 0.3 is 5.97 Å². The van der Waals surface area contributed by atoms with Crippen molar-refractivity contribution in [3.63, 3.8) is 0 Å². The van der Waals surface area contributed by atoms with E-state index in [4.69, 9.17) is 4.74 Å². The second kappa shape index (κ2) is 9.56. The summed E-state index contributed by atoms with van der Waals surface area (Å²) in [5.74, 6) is 0.527. The van der Waals surface area contributed by atoms with Crippen molar-refractivity contribution in [1.82, 2.24) is 14.5 Å².